The molecule has 0 bridgehead atoms. The van der Waals surface area contributed by atoms with Crippen molar-refractivity contribution in [2.75, 3.05) is 7.11 Å². The van der Waals surface area contributed by atoms with Gasteiger partial charge >= 0.3 is 5.97 Å². The highest BCUT2D eigenvalue weighted by Crippen LogP contribution is 2.32. The molecule has 1 N–H and O–H groups in total. The third-order valence-corrected chi connectivity index (χ3v) is 6.78. The van der Waals surface area contributed by atoms with Gasteiger partial charge in [0.15, 0.2) is 5.78 Å². The van der Waals surface area contributed by atoms with Crippen molar-refractivity contribution in [2.24, 2.45) is 0 Å². The number of benzene rings is 3. The lowest BCUT2D eigenvalue weighted by atomic mass is 9.97. The van der Waals surface area contributed by atoms with Gasteiger partial charge in [0.05, 0.1) is 12.7 Å². The Bertz CT molecular complexity index is 1490. The van der Waals surface area contributed by atoms with E-state index in [9.17, 15) is 9.59 Å². The van der Waals surface area contributed by atoms with Crippen molar-refractivity contribution in [1.29, 1.82) is 0 Å². The van der Waals surface area contributed by atoms with Crippen LogP contribution in [0.25, 0.3) is 12.2 Å². The Kier molecular flexibility index (Phi) is 8.19. The first-order valence-electron chi connectivity index (χ1n) is 13.3. The van der Waals surface area contributed by atoms with Crippen molar-refractivity contribution in [3.63, 3.8) is 0 Å². The van der Waals surface area contributed by atoms with Gasteiger partial charge in [-0.1, -0.05) is 24.3 Å². The number of carboxylic acids is 1. The second-order valence-electron chi connectivity index (χ2n) is 11.1. The number of Topliss-reactive ketones (excluding diaryl/α,β-unsaturated/α-hetero) is 1. The van der Waals surface area contributed by atoms with Gasteiger partial charge in [0.25, 0.3) is 0 Å². The molecule has 0 spiro atoms. The summed E-state index contributed by atoms with van der Waals surface area (Å²) in [7, 11) is 1.67. The summed E-state index contributed by atoms with van der Waals surface area (Å²) in [5, 5.41) is 8.82. The molecule has 0 fully saturated rings. The number of fused-ring (bicyclic) bond motifs is 2. The molecule has 5 rings (SSSR count). The number of ketones is 1. The monoisotopic (exact) mass is 540 g/mol. The number of aryl methyl sites for hydroxylation is 2. The Balaban J connectivity index is 0.000000210. The number of aromatic carboxylic acids is 1. The molecule has 0 aromatic heterocycles. The molecule has 40 heavy (non-hydrogen) atoms. The van der Waals surface area contributed by atoms with Gasteiger partial charge in [-0.2, -0.15) is 0 Å². The fourth-order valence-corrected chi connectivity index (χ4v) is 4.49. The quantitative estimate of drug-likeness (QED) is 0.325. The molecule has 208 valence electrons. The average molecular weight is 541 g/mol. The lowest BCUT2D eigenvalue weighted by molar-refractivity contribution is 0.0696. The molecule has 6 heteroatoms. The van der Waals surface area contributed by atoms with Crippen molar-refractivity contribution in [1.82, 2.24) is 0 Å². The van der Waals surface area contributed by atoms with E-state index in [1.54, 1.807) is 25.3 Å². The maximum absolute atomic E-state index is 12.6. The zero-order valence-corrected chi connectivity index (χ0v) is 23.9. The van der Waals surface area contributed by atoms with Gasteiger partial charge in [0, 0.05) is 23.1 Å². The number of rotatable bonds is 6. The Hall–Kier alpha value is -4.32. The average Bonchev–Trinajstić information content (AvgIpc) is 2.91. The lowest BCUT2D eigenvalue weighted by Crippen LogP contribution is -2.27. The molecule has 6 nitrogen and oxygen atoms in total. The molecule has 0 radical (unpaired) electrons. The third-order valence-electron chi connectivity index (χ3n) is 6.78. The molecule has 3 aromatic rings. The highest BCUT2D eigenvalue weighted by atomic mass is 16.5. The molecule has 0 atom stereocenters. The normalized spacial score (nSPS) is 15.3. The van der Waals surface area contributed by atoms with Crippen molar-refractivity contribution >= 4 is 23.9 Å². The molecule has 0 aliphatic carbocycles. The highest BCUT2D eigenvalue weighted by Gasteiger charge is 2.23. The van der Waals surface area contributed by atoms with Crippen LogP contribution in [-0.4, -0.2) is 35.2 Å². The van der Waals surface area contributed by atoms with Crippen LogP contribution in [0.2, 0.25) is 0 Å². The summed E-state index contributed by atoms with van der Waals surface area (Å²) in [4.78, 5) is 23.3. The molecular weight excluding hydrogens is 504 g/mol. The van der Waals surface area contributed by atoms with Gasteiger partial charge in [-0.25, -0.2) is 4.79 Å². The SMILES string of the molecule is CC1(C)C=Cc2cc(C(=O)O)ccc2O1.COc1cc(CCC(=O)c2ccc3c(c2)C=CC(C)(C)O3)ccc1C. The summed E-state index contributed by atoms with van der Waals surface area (Å²) < 4.78 is 16.9. The summed E-state index contributed by atoms with van der Waals surface area (Å²) >= 11 is 0. The number of carbonyl (C=O) groups excluding carboxylic acids is 1. The van der Waals surface area contributed by atoms with Crippen molar-refractivity contribution in [2.45, 2.75) is 58.7 Å². The number of hydrogen-bond donors (Lipinski definition) is 1. The number of carbonyl (C=O) groups is 2. The highest BCUT2D eigenvalue weighted by molar-refractivity contribution is 5.97. The fraction of sp³-hybridized carbons (Fsp3) is 0.294. The first-order chi connectivity index (χ1) is 18.9. The van der Waals surface area contributed by atoms with Crippen LogP contribution in [0, 0.1) is 6.92 Å². The van der Waals surface area contributed by atoms with Crippen LogP contribution in [-0.2, 0) is 6.42 Å². The number of methoxy groups -OCH3 is 1. The minimum atomic E-state index is -0.920. The van der Waals surface area contributed by atoms with Crippen LogP contribution in [0.5, 0.6) is 17.2 Å². The Morgan fingerprint density at radius 2 is 1.35 bits per heavy atom. The van der Waals surface area contributed by atoms with Crippen molar-refractivity contribution < 1.29 is 28.9 Å². The molecule has 0 unspecified atom stereocenters. The zero-order chi connectivity index (χ0) is 29.1. The van der Waals surface area contributed by atoms with Crippen LogP contribution in [0.3, 0.4) is 0 Å². The van der Waals surface area contributed by atoms with E-state index in [0.29, 0.717) is 12.8 Å². The summed E-state index contributed by atoms with van der Waals surface area (Å²) in [6.07, 6.45) is 9.03. The zero-order valence-electron chi connectivity index (χ0n) is 23.9. The second kappa shape index (κ2) is 11.4. The molecular formula is C34H36O6. The van der Waals surface area contributed by atoms with E-state index in [2.05, 4.69) is 6.07 Å². The molecule has 2 aliphatic heterocycles. The molecule has 0 saturated heterocycles. The van der Waals surface area contributed by atoms with Gasteiger partial charge in [-0.05, 0) is 107 Å². The van der Waals surface area contributed by atoms with Crippen LogP contribution in [0.1, 0.15) is 77.1 Å². The van der Waals surface area contributed by atoms with Crippen LogP contribution in [0.15, 0.2) is 66.7 Å². The topological polar surface area (TPSA) is 82.1 Å². The van der Waals surface area contributed by atoms with E-state index >= 15 is 0 Å². The van der Waals surface area contributed by atoms with E-state index in [1.165, 1.54) is 0 Å². The number of ether oxygens (including phenoxy) is 3. The maximum atomic E-state index is 12.6. The van der Waals surface area contributed by atoms with Crippen LogP contribution < -0.4 is 14.2 Å². The minimum Gasteiger partial charge on any atom is -0.496 e. The summed E-state index contributed by atoms with van der Waals surface area (Å²) in [5.74, 6) is 1.64. The Labute approximate surface area is 235 Å². The van der Waals surface area contributed by atoms with Gasteiger partial charge in [-0.15, -0.1) is 0 Å². The Morgan fingerprint density at radius 3 is 1.90 bits per heavy atom. The van der Waals surface area contributed by atoms with Gasteiger partial charge in [0.1, 0.15) is 28.5 Å². The smallest absolute Gasteiger partial charge is 0.335 e. The van der Waals surface area contributed by atoms with E-state index < -0.39 is 5.97 Å². The van der Waals surface area contributed by atoms with Crippen molar-refractivity contribution in [3.8, 4) is 17.2 Å². The fourth-order valence-electron chi connectivity index (χ4n) is 4.49. The van der Waals surface area contributed by atoms with Gasteiger partial charge < -0.3 is 19.3 Å². The molecule has 0 amide bonds. The summed E-state index contributed by atoms with van der Waals surface area (Å²) in [6, 6.07) is 16.6. The molecule has 2 aliphatic rings. The molecule has 0 saturated carbocycles. The van der Waals surface area contributed by atoms with Gasteiger partial charge in [-0.3, -0.25) is 4.79 Å². The van der Waals surface area contributed by atoms with E-state index in [4.69, 9.17) is 19.3 Å². The summed E-state index contributed by atoms with van der Waals surface area (Å²) in [5.41, 5.74) is 4.37. The predicted molar refractivity (Wildman–Crippen MR) is 158 cm³/mol. The Morgan fingerprint density at radius 1 is 0.800 bits per heavy atom. The maximum Gasteiger partial charge on any atom is 0.335 e. The first kappa shape index (κ1) is 28.7. The third kappa shape index (κ3) is 7.00. The van der Waals surface area contributed by atoms with Crippen LogP contribution >= 0.6 is 0 Å². The largest absolute Gasteiger partial charge is 0.496 e. The number of carboxylic acid groups (broad SMARTS) is 1. The molecule has 3 aromatic carbocycles. The lowest BCUT2D eigenvalue weighted by Gasteiger charge is -2.27. The standard InChI is InChI=1S/C22H24O3.C12H12O3/c1-15-5-6-16(13-21(15)24-4)7-9-19(23)17-8-10-20-18(14-17)11-12-22(2,3)25-20;1-12(2)6-5-8-7-9(11(13)14)3-4-10(8)15-12/h5-6,8,10-14H,7,9H2,1-4H3;3-7H,1-2H3,(H,13,14). The predicted octanol–water partition coefficient (Wildman–Crippen LogP) is 7.57. The second-order valence-corrected chi connectivity index (χ2v) is 11.1. The van der Waals surface area contributed by atoms with Gasteiger partial charge in [0.2, 0.25) is 0 Å². The number of hydrogen-bond acceptors (Lipinski definition) is 5. The van der Waals surface area contributed by atoms with Crippen molar-refractivity contribution in [3.05, 3.63) is 100 Å². The van der Waals surface area contributed by atoms with Crippen LogP contribution in [0.4, 0.5) is 0 Å². The first-order valence-corrected chi connectivity index (χ1v) is 13.3. The summed E-state index contributed by atoms with van der Waals surface area (Å²) in [6.45, 7) is 9.95. The van der Waals surface area contributed by atoms with E-state index in [-0.39, 0.29) is 22.5 Å². The minimum absolute atomic E-state index is 0.139. The van der Waals surface area contributed by atoms with E-state index in [0.717, 1.165) is 45.1 Å². The molecule has 2 heterocycles. The van der Waals surface area contributed by atoms with E-state index in [1.807, 2.05) is 89.3 Å².